The maximum Gasteiger partial charge on any atom is 0.268 e. The van der Waals surface area contributed by atoms with Crippen LogP contribution in [0.4, 0.5) is 5.82 Å². The molecule has 1 amide bonds. The zero-order valence-corrected chi connectivity index (χ0v) is 18.7. The van der Waals surface area contributed by atoms with Gasteiger partial charge in [0.05, 0.1) is 11.7 Å². The molecule has 0 bridgehead atoms. The van der Waals surface area contributed by atoms with Gasteiger partial charge in [-0.1, -0.05) is 11.4 Å². The van der Waals surface area contributed by atoms with E-state index in [-0.39, 0.29) is 11.9 Å². The molecule has 2 fully saturated rings. The van der Waals surface area contributed by atoms with Crippen molar-refractivity contribution in [3.63, 3.8) is 0 Å². The zero-order valence-electron chi connectivity index (χ0n) is 17.9. The molecule has 0 aromatic carbocycles. The molecule has 0 N–H and O–H groups in total. The third-order valence-corrected chi connectivity index (χ3v) is 7.44. The molecule has 4 heterocycles. The van der Waals surface area contributed by atoms with E-state index in [4.69, 9.17) is 9.97 Å². The van der Waals surface area contributed by atoms with E-state index in [9.17, 15) is 4.79 Å². The van der Waals surface area contributed by atoms with Crippen molar-refractivity contribution in [1.29, 1.82) is 0 Å². The summed E-state index contributed by atoms with van der Waals surface area (Å²) in [5.74, 6) is 2.81. The Balaban J connectivity index is 1.48. The fourth-order valence-electron chi connectivity index (χ4n) is 4.82. The second-order valence-electron chi connectivity index (χ2n) is 8.87. The van der Waals surface area contributed by atoms with E-state index < -0.39 is 0 Å². The number of amides is 1. The van der Waals surface area contributed by atoms with Gasteiger partial charge in [-0.15, -0.1) is 5.10 Å². The highest BCUT2D eigenvalue weighted by Crippen LogP contribution is 2.37. The van der Waals surface area contributed by atoms with E-state index in [0.29, 0.717) is 4.88 Å². The number of likely N-dealkylation sites (tertiary alicyclic amines) is 1. The summed E-state index contributed by atoms with van der Waals surface area (Å²) in [6.07, 6.45) is 8.68. The summed E-state index contributed by atoms with van der Waals surface area (Å²) in [6, 6.07) is -0.0632. The molecular formula is C22H30N6OS. The van der Waals surface area contributed by atoms with Crippen LogP contribution in [0.5, 0.6) is 0 Å². The predicted molar refractivity (Wildman–Crippen MR) is 117 cm³/mol. The van der Waals surface area contributed by atoms with Crippen LogP contribution in [0.25, 0.3) is 0 Å². The molecule has 0 unspecified atom stereocenters. The molecule has 30 heavy (non-hydrogen) atoms. The number of fused-ring (bicyclic) bond motifs is 1. The number of aromatic nitrogens is 4. The molecule has 3 aliphatic rings. The second kappa shape index (κ2) is 8.21. The number of hydrogen-bond donors (Lipinski definition) is 0. The Bertz CT molecular complexity index is 940. The van der Waals surface area contributed by atoms with E-state index in [1.807, 2.05) is 11.8 Å². The summed E-state index contributed by atoms with van der Waals surface area (Å²) in [6.45, 7) is 7.07. The lowest BCUT2D eigenvalue weighted by atomic mass is 9.99. The molecule has 5 rings (SSSR count). The molecule has 1 aliphatic carbocycles. The summed E-state index contributed by atoms with van der Waals surface area (Å²) in [7, 11) is 0. The number of anilines is 1. The highest BCUT2D eigenvalue weighted by atomic mass is 32.1. The third-order valence-electron chi connectivity index (χ3n) is 6.69. The van der Waals surface area contributed by atoms with Gasteiger partial charge in [0, 0.05) is 30.9 Å². The van der Waals surface area contributed by atoms with Gasteiger partial charge >= 0.3 is 0 Å². The average Bonchev–Trinajstić information content (AvgIpc) is 3.46. The topological polar surface area (TPSA) is 75.1 Å². The summed E-state index contributed by atoms with van der Waals surface area (Å²) in [5, 5.41) is 4.15. The first-order valence-electron chi connectivity index (χ1n) is 11.4. The van der Waals surface area contributed by atoms with Gasteiger partial charge in [-0.25, -0.2) is 9.97 Å². The molecule has 2 aromatic heterocycles. The van der Waals surface area contributed by atoms with E-state index in [0.717, 1.165) is 80.7 Å². The van der Waals surface area contributed by atoms with Crippen LogP contribution in [0.1, 0.15) is 83.9 Å². The number of piperidine rings is 1. The fourth-order valence-corrected chi connectivity index (χ4v) is 5.53. The summed E-state index contributed by atoms with van der Waals surface area (Å²) >= 11 is 1.21. The Morgan fingerprint density at radius 2 is 2.00 bits per heavy atom. The molecule has 8 heteroatoms. The third kappa shape index (κ3) is 3.70. The van der Waals surface area contributed by atoms with E-state index in [2.05, 4.69) is 21.4 Å². The van der Waals surface area contributed by atoms with Gasteiger partial charge in [0.15, 0.2) is 5.82 Å². The van der Waals surface area contributed by atoms with Gasteiger partial charge in [-0.3, -0.25) is 4.79 Å². The second-order valence-corrected chi connectivity index (χ2v) is 9.63. The van der Waals surface area contributed by atoms with E-state index >= 15 is 0 Å². The number of aryl methyl sites for hydroxylation is 2. The first kappa shape index (κ1) is 19.8. The van der Waals surface area contributed by atoms with Crippen molar-refractivity contribution >= 4 is 23.3 Å². The fraction of sp³-hybridized carbons (Fsp3) is 0.682. The lowest BCUT2D eigenvalue weighted by molar-refractivity contribution is 0.0603. The van der Waals surface area contributed by atoms with Gasteiger partial charge in [0.25, 0.3) is 5.91 Å². The smallest absolute Gasteiger partial charge is 0.268 e. The van der Waals surface area contributed by atoms with Crippen molar-refractivity contribution < 1.29 is 4.79 Å². The van der Waals surface area contributed by atoms with Crippen LogP contribution in [0.2, 0.25) is 0 Å². The number of carbonyl (C=O) groups is 1. The maximum absolute atomic E-state index is 13.4. The van der Waals surface area contributed by atoms with Gasteiger partial charge in [-0.05, 0) is 75.7 Å². The van der Waals surface area contributed by atoms with Crippen LogP contribution in [-0.2, 0) is 12.8 Å². The van der Waals surface area contributed by atoms with Crippen LogP contribution in [-0.4, -0.2) is 50.0 Å². The van der Waals surface area contributed by atoms with Crippen LogP contribution < -0.4 is 4.90 Å². The van der Waals surface area contributed by atoms with Crippen LogP contribution in [0, 0.1) is 12.8 Å². The number of nitrogens with zero attached hydrogens (tertiary/aromatic N) is 6. The van der Waals surface area contributed by atoms with Gasteiger partial charge in [0.2, 0.25) is 0 Å². The molecule has 2 aromatic rings. The molecule has 160 valence electrons. The van der Waals surface area contributed by atoms with Gasteiger partial charge < -0.3 is 9.80 Å². The van der Waals surface area contributed by atoms with Crippen molar-refractivity contribution in [2.24, 2.45) is 5.92 Å². The van der Waals surface area contributed by atoms with Crippen molar-refractivity contribution in [3.05, 3.63) is 27.7 Å². The summed E-state index contributed by atoms with van der Waals surface area (Å²) in [5.41, 5.74) is 3.19. The standard InChI is InChI=1S/C22H30N6OS/c1-3-17-19(30-26-25-17)22(29)28-12-5-4-8-18(28)20-23-14(2)16-7-6-11-27(21(16)24-20)13-15-9-10-15/h15,18H,3-13H2,1-2H3/t18-/m0/s1. The summed E-state index contributed by atoms with van der Waals surface area (Å²) in [4.78, 5) is 28.6. The van der Waals surface area contributed by atoms with Crippen LogP contribution >= 0.6 is 11.5 Å². The first-order chi connectivity index (χ1) is 14.7. The monoisotopic (exact) mass is 426 g/mol. The van der Waals surface area contributed by atoms with Crippen molar-refractivity contribution in [2.45, 2.75) is 71.3 Å². The quantitative estimate of drug-likeness (QED) is 0.725. The predicted octanol–water partition coefficient (Wildman–Crippen LogP) is 3.73. The molecular weight excluding hydrogens is 396 g/mol. The zero-order chi connectivity index (χ0) is 20.7. The highest BCUT2D eigenvalue weighted by molar-refractivity contribution is 7.08. The lowest BCUT2D eigenvalue weighted by Crippen LogP contribution is -2.40. The Labute approximate surface area is 182 Å². The summed E-state index contributed by atoms with van der Waals surface area (Å²) < 4.78 is 4.03. The number of hydrogen-bond acceptors (Lipinski definition) is 7. The van der Waals surface area contributed by atoms with Gasteiger partial charge in [0.1, 0.15) is 10.7 Å². The van der Waals surface area contributed by atoms with E-state index in [1.54, 1.807) is 0 Å². The van der Waals surface area contributed by atoms with Crippen LogP contribution in [0.3, 0.4) is 0 Å². The minimum Gasteiger partial charge on any atom is -0.356 e. The van der Waals surface area contributed by atoms with Gasteiger partial charge in [-0.2, -0.15) is 0 Å². The Kier molecular flexibility index (Phi) is 5.43. The molecule has 1 atom stereocenters. The lowest BCUT2D eigenvalue weighted by Gasteiger charge is -2.36. The molecule has 1 saturated carbocycles. The number of carbonyl (C=O) groups excluding carboxylic acids is 1. The average molecular weight is 427 g/mol. The van der Waals surface area contributed by atoms with Crippen molar-refractivity contribution in [3.8, 4) is 0 Å². The van der Waals surface area contributed by atoms with E-state index in [1.165, 1.54) is 36.4 Å². The highest BCUT2D eigenvalue weighted by Gasteiger charge is 2.35. The normalized spacial score (nSPS) is 21.6. The molecule has 2 aliphatic heterocycles. The molecule has 1 saturated heterocycles. The minimum absolute atomic E-state index is 0.0420. The first-order valence-corrected chi connectivity index (χ1v) is 12.2. The molecule has 7 nitrogen and oxygen atoms in total. The number of rotatable bonds is 5. The maximum atomic E-state index is 13.4. The Morgan fingerprint density at radius 3 is 2.80 bits per heavy atom. The van der Waals surface area contributed by atoms with Crippen LogP contribution in [0.15, 0.2) is 0 Å². The Hall–Kier alpha value is -2.09. The van der Waals surface area contributed by atoms with Crippen molar-refractivity contribution in [2.75, 3.05) is 24.5 Å². The molecule has 0 spiro atoms. The minimum atomic E-state index is -0.0632. The molecule has 0 radical (unpaired) electrons. The largest absolute Gasteiger partial charge is 0.356 e. The Morgan fingerprint density at radius 1 is 1.13 bits per heavy atom. The SMILES string of the molecule is CCc1nnsc1C(=O)N1CCCC[C@H]1c1nc(C)c2c(n1)N(CC1CC1)CCC2. The van der Waals surface area contributed by atoms with Crippen molar-refractivity contribution in [1.82, 2.24) is 24.5 Å².